The Morgan fingerprint density at radius 1 is 1.12 bits per heavy atom. The largest absolute Gasteiger partial charge is 0.480 e. The Morgan fingerprint density at radius 3 is 2.67 bits per heavy atom. The van der Waals surface area contributed by atoms with Crippen LogP contribution in [0.4, 0.5) is 0 Å². The average molecular weight is 565 g/mol. The highest BCUT2D eigenvalue weighted by atomic mass is 32.2. The lowest BCUT2D eigenvalue weighted by molar-refractivity contribution is -0.142. The number of nitrogens with zero attached hydrogens (tertiary/aromatic N) is 5. The molecule has 2 atom stereocenters. The average Bonchev–Trinajstić information content (AvgIpc) is 3.38. The van der Waals surface area contributed by atoms with Gasteiger partial charge in [-0.3, -0.25) is 9.59 Å². The van der Waals surface area contributed by atoms with Crippen molar-refractivity contribution in [2.45, 2.75) is 68.8 Å². The molecule has 2 aromatic carbocycles. The second-order valence-corrected chi connectivity index (χ2v) is 12.1. The van der Waals surface area contributed by atoms with Gasteiger partial charge >= 0.3 is 5.97 Å². The van der Waals surface area contributed by atoms with Crippen molar-refractivity contribution in [2.24, 2.45) is 0 Å². The quantitative estimate of drug-likeness (QED) is 0.298. The number of piperidine rings is 1. The van der Waals surface area contributed by atoms with E-state index in [-0.39, 0.29) is 35.8 Å². The molecule has 0 bridgehead atoms. The summed E-state index contributed by atoms with van der Waals surface area (Å²) in [6.07, 6.45) is 4.42. The zero-order valence-electron chi connectivity index (χ0n) is 22.2. The van der Waals surface area contributed by atoms with Crippen LogP contribution in [0.2, 0.25) is 0 Å². The number of sulfonamides is 1. The molecule has 2 unspecified atom stereocenters. The molecule has 12 heteroatoms. The first-order valence-electron chi connectivity index (χ1n) is 13.5. The summed E-state index contributed by atoms with van der Waals surface area (Å²) in [6.45, 7) is 2.18. The van der Waals surface area contributed by atoms with Crippen molar-refractivity contribution < 1.29 is 18.3 Å². The van der Waals surface area contributed by atoms with Crippen molar-refractivity contribution >= 4 is 27.2 Å². The van der Waals surface area contributed by atoms with Gasteiger partial charge in [-0.2, -0.15) is 4.31 Å². The van der Waals surface area contributed by atoms with Crippen molar-refractivity contribution in [2.75, 3.05) is 6.54 Å². The number of nitrogens with one attached hydrogen (secondary N) is 1. The van der Waals surface area contributed by atoms with Crippen LogP contribution in [0.3, 0.4) is 0 Å². The molecule has 0 spiro atoms. The van der Waals surface area contributed by atoms with E-state index in [1.54, 1.807) is 16.8 Å². The van der Waals surface area contributed by atoms with Crippen LogP contribution in [0.1, 0.15) is 62.0 Å². The number of aromatic amines is 1. The third kappa shape index (κ3) is 5.82. The molecular weight excluding hydrogens is 532 g/mol. The van der Waals surface area contributed by atoms with Gasteiger partial charge in [-0.15, -0.1) is 5.10 Å². The number of rotatable bonds is 10. The van der Waals surface area contributed by atoms with Crippen molar-refractivity contribution in [3.63, 3.8) is 0 Å². The molecule has 3 heterocycles. The molecule has 1 aliphatic rings. The fourth-order valence-corrected chi connectivity index (χ4v) is 6.94. The van der Waals surface area contributed by atoms with Gasteiger partial charge in [0.25, 0.3) is 5.56 Å². The number of hydrogen-bond donors (Lipinski definition) is 2. The first-order valence-corrected chi connectivity index (χ1v) is 14.9. The zero-order valence-corrected chi connectivity index (χ0v) is 23.0. The van der Waals surface area contributed by atoms with E-state index in [4.69, 9.17) is 0 Å². The number of benzene rings is 2. The monoisotopic (exact) mass is 564 g/mol. The Balaban J connectivity index is 1.36. The topological polar surface area (TPSA) is 151 Å². The van der Waals surface area contributed by atoms with Crippen LogP contribution in [0.25, 0.3) is 11.2 Å². The van der Waals surface area contributed by atoms with Crippen molar-refractivity contribution in [3.8, 4) is 0 Å². The van der Waals surface area contributed by atoms with Crippen LogP contribution in [0.15, 0.2) is 64.3 Å². The Hall–Kier alpha value is -3.90. The van der Waals surface area contributed by atoms with E-state index in [0.717, 1.165) is 23.6 Å². The zero-order chi connectivity index (χ0) is 28.3. The molecule has 0 saturated carbocycles. The van der Waals surface area contributed by atoms with Crippen molar-refractivity contribution in [3.05, 3.63) is 81.9 Å². The second-order valence-electron chi connectivity index (χ2n) is 10.2. The lowest BCUT2D eigenvalue weighted by Gasteiger charge is -2.31. The third-order valence-corrected chi connectivity index (χ3v) is 9.25. The van der Waals surface area contributed by atoms with E-state index in [1.807, 2.05) is 25.1 Å². The number of aromatic nitrogens is 5. The maximum absolute atomic E-state index is 13.4. The van der Waals surface area contributed by atoms with E-state index < -0.39 is 27.6 Å². The summed E-state index contributed by atoms with van der Waals surface area (Å²) in [4.78, 5) is 31.9. The van der Waals surface area contributed by atoms with E-state index in [2.05, 4.69) is 32.4 Å². The maximum Gasteiger partial charge on any atom is 0.322 e. The van der Waals surface area contributed by atoms with E-state index in [9.17, 15) is 23.1 Å². The molecule has 5 rings (SSSR count). The van der Waals surface area contributed by atoms with Gasteiger partial charge in [0.15, 0.2) is 11.2 Å². The minimum atomic E-state index is -4.02. The summed E-state index contributed by atoms with van der Waals surface area (Å²) in [6, 6.07) is 15.4. The smallest absolute Gasteiger partial charge is 0.322 e. The first kappa shape index (κ1) is 27.7. The van der Waals surface area contributed by atoms with Crippen LogP contribution in [-0.4, -0.2) is 61.3 Å². The van der Waals surface area contributed by atoms with Crippen LogP contribution < -0.4 is 5.56 Å². The number of carbonyl (C=O) groups is 1. The molecule has 2 N–H and O–H groups in total. The van der Waals surface area contributed by atoms with E-state index >= 15 is 0 Å². The lowest BCUT2D eigenvalue weighted by Crippen LogP contribution is -2.47. The van der Waals surface area contributed by atoms with Crippen LogP contribution >= 0.6 is 0 Å². The number of aryl methyl sites for hydroxylation is 1. The molecule has 2 aromatic heterocycles. The number of fused-ring (bicyclic) bond motifs is 1. The fraction of sp³-hybridized carbons (Fsp3) is 0.393. The Bertz CT molecular complexity index is 1670. The van der Waals surface area contributed by atoms with Gasteiger partial charge in [-0.1, -0.05) is 47.7 Å². The molecule has 0 amide bonds. The standard InChI is InChI=1S/C28H32N6O5S/c1-19(9-7-12-20-10-3-2-4-11-20)34-26-25(31-32-34)27(35)30-24(29-26)18-21-13-8-14-22(17-21)40(38,39)33-16-6-5-15-23(33)28(36)37/h2-4,8,10-11,13-14,17,19,23H,5-7,9,12,15-16,18H2,1H3,(H,36,37)(H,29,30,35). The lowest BCUT2D eigenvalue weighted by atomic mass is 10.1. The van der Waals surface area contributed by atoms with Crippen molar-refractivity contribution in [1.82, 2.24) is 29.3 Å². The number of H-pyrrole nitrogens is 1. The molecule has 0 aliphatic carbocycles. The second kappa shape index (κ2) is 11.7. The summed E-state index contributed by atoms with van der Waals surface area (Å²) >= 11 is 0. The minimum Gasteiger partial charge on any atom is -0.480 e. The Labute approximate surface area is 231 Å². The highest BCUT2D eigenvalue weighted by Crippen LogP contribution is 2.26. The van der Waals surface area contributed by atoms with Crippen molar-refractivity contribution in [1.29, 1.82) is 0 Å². The van der Waals surface area contributed by atoms with Gasteiger partial charge in [-0.05, 0) is 68.7 Å². The predicted octanol–water partition coefficient (Wildman–Crippen LogP) is 3.32. The summed E-state index contributed by atoms with van der Waals surface area (Å²) in [5.41, 5.74) is 2.00. The molecular formula is C28H32N6O5S. The number of aliphatic carboxylic acids is 1. The van der Waals surface area contributed by atoms with Gasteiger partial charge in [0.1, 0.15) is 11.9 Å². The molecule has 4 aromatic rings. The summed E-state index contributed by atoms with van der Waals surface area (Å²) < 4.78 is 29.5. The van der Waals surface area contributed by atoms with Crippen LogP contribution in [0, 0.1) is 0 Å². The van der Waals surface area contributed by atoms with Gasteiger partial charge in [0.05, 0.1) is 10.9 Å². The fourth-order valence-electron chi connectivity index (χ4n) is 5.22. The van der Waals surface area contributed by atoms with Gasteiger partial charge in [0.2, 0.25) is 10.0 Å². The van der Waals surface area contributed by atoms with E-state index in [1.165, 1.54) is 17.7 Å². The van der Waals surface area contributed by atoms with Crippen LogP contribution in [-0.2, 0) is 27.7 Å². The highest BCUT2D eigenvalue weighted by molar-refractivity contribution is 7.89. The van der Waals surface area contributed by atoms with Gasteiger partial charge < -0.3 is 10.1 Å². The normalized spacial score (nSPS) is 17.2. The maximum atomic E-state index is 13.4. The molecule has 1 fully saturated rings. The molecule has 11 nitrogen and oxygen atoms in total. The molecule has 0 radical (unpaired) electrons. The SMILES string of the molecule is CC(CCCc1ccccc1)n1nnc2c(=O)[nH]c(Cc3cccc(S(=O)(=O)N4CCCCC4C(=O)O)c3)nc21. The van der Waals surface area contributed by atoms with Gasteiger partial charge in [0, 0.05) is 13.0 Å². The molecule has 1 saturated heterocycles. The number of hydrogen-bond acceptors (Lipinski definition) is 7. The van der Waals surface area contributed by atoms with Crippen LogP contribution in [0.5, 0.6) is 0 Å². The Kier molecular flexibility index (Phi) is 8.08. The summed E-state index contributed by atoms with van der Waals surface area (Å²) in [5, 5.41) is 17.8. The molecule has 1 aliphatic heterocycles. The summed E-state index contributed by atoms with van der Waals surface area (Å²) in [5.74, 6) is -0.789. The predicted molar refractivity (Wildman–Crippen MR) is 148 cm³/mol. The minimum absolute atomic E-state index is 0.0142. The van der Waals surface area contributed by atoms with E-state index in [0.29, 0.717) is 29.9 Å². The molecule has 210 valence electrons. The van der Waals surface area contributed by atoms with Gasteiger partial charge in [-0.25, -0.2) is 18.1 Å². The Morgan fingerprint density at radius 2 is 1.90 bits per heavy atom. The number of carboxylic acid groups (broad SMARTS) is 1. The third-order valence-electron chi connectivity index (χ3n) is 7.35. The molecule has 40 heavy (non-hydrogen) atoms. The first-order chi connectivity index (χ1) is 19.2. The highest BCUT2D eigenvalue weighted by Gasteiger charge is 2.37. The number of carboxylic acids is 1. The summed E-state index contributed by atoms with van der Waals surface area (Å²) in [7, 11) is -4.02.